The Bertz CT molecular complexity index is 806. The zero-order valence-electron chi connectivity index (χ0n) is 10.1. The third-order valence-corrected chi connectivity index (χ3v) is 3.06. The number of rotatable bonds is 2. The molecule has 20 heavy (non-hydrogen) atoms. The molecule has 0 aliphatic rings. The fourth-order valence-corrected chi connectivity index (χ4v) is 2.11. The van der Waals surface area contributed by atoms with Gasteiger partial charge in [0.15, 0.2) is 0 Å². The van der Waals surface area contributed by atoms with Crippen LogP contribution in [0.1, 0.15) is 10.4 Å². The topological polar surface area (TPSA) is 76.0 Å². The summed E-state index contributed by atoms with van der Waals surface area (Å²) in [6.07, 6.45) is 4.60. The van der Waals surface area contributed by atoms with Crippen LogP contribution in [-0.2, 0) is 0 Å². The Morgan fingerprint density at radius 2 is 2.00 bits per heavy atom. The molecular weight excluding hydrogens is 278 g/mol. The Kier molecular flexibility index (Phi) is 3.04. The molecular formula is C14H8ClN3O2. The van der Waals surface area contributed by atoms with E-state index < -0.39 is 5.97 Å². The Morgan fingerprint density at radius 3 is 2.70 bits per heavy atom. The second-order valence-electron chi connectivity index (χ2n) is 4.11. The van der Waals surface area contributed by atoms with Crippen molar-refractivity contribution in [2.45, 2.75) is 0 Å². The van der Waals surface area contributed by atoms with Gasteiger partial charge in [0.1, 0.15) is 5.69 Å². The minimum atomic E-state index is -1.02. The lowest BCUT2D eigenvalue weighted by Gasteiger charge is -2.06. The van der Waals surface area contributed by atoms with E-state index in [0.29, 0.717) is 27.3 Å². The molecule has 1 N–H and O–H groups in total. The van der Waals surface area contributed by atoms with Gasteiger partial charge in [-0.05, 0) is 18.2 Å². The van der Waals surface area contributed by atoms with Crippen molar-refractivity contribution in [3.8, 4) is 11.4 Å². The number of aromatic carboxylic acids is 1. The number of carboxylic acid groups (broad SMARTS) is 1. The molecule has 0 saturated carbocycles. The molecule has 0 saturated heterocycles. The number of hydrogen-bond acceptors (Lipinski definition) is 4. The first-order chi connectivity index (χ1) is 9.65. The minimum Gasteiger partial charge on any atom is -0.478 e. The molecule has 1 aromatic carbocycles. The van der Waals surface area contributed by atoms with Crippen molar-refractivity contribution in [2.24, 2.45) is 0 Å². The summed E-state index contributed by atoms with van der Waals surface area (Å²) in [6, 6.07) is 6.40. The van der Waals surface area contributed by atoms with Crippen LogP contribution < -0.4 is 0 Å². The molecule has 0 aliphatic heterocycles. The Balaban J connectivity index is 2.32. The molecule has 0 atom stereocenters. The van der Waals surface area contributed by atoms with Crippen molar-refractivity contribution in [3.63, 3.8) is 0 Å². The lowest BCUT2D eigenvalue weighted by atomic mass is 10.1. The van der Waals surface area contributed by atoms with Crippen molar-refractivity contribution in [3.05, 3.63) is 53.4 Å². The van der Waals surface area contributed by atoms with Gasteiger partial charge in [-0.15, -0.1) is 0 Å². The van der Waals surface area contributed by atoms with E-state index in [-0.39, 0.29) is 5.56 Å². The van der Waals surface area contributed by atoms with E-state index >= 15 is 0 Å². The van der Waals surface area contributed by atoms with E-state index in [1.165, 1.54) is 18.5 Å². The van der Waals surface area contributed by atoms with E-state index in [1.54, 1.807) is 24.4 Å². The summed E-state index contributed by atoms with van der Waals surface area (Å²) >= 11 is 5.93. The predicted molar refractivity (Wildman–Crippen MR) is 74.7 cm³/mol. The van der Waals surface area contributed by atoms with Gasteiger partial charge in [0.2, 0.25) is 0 Å². The number of carbonyl (C=O) groups is 1. The van der Waals surface area contributed by atoms with Crippen molar-refractivity contribution in [1.82, 2.24) is 15.0 Å². The first kappa shape index (κ1) is 12.5. The Hall–Kier alpha value is -2.53. The molecule has 6 heteroatoms. The molecule has 2 heterocycles. The highest BCUT2D eigenvalue weighted by molar-refractivity contribution is 6.31. The summed E-state index contributed by atoms with van der Waals surface area (Å²) in [7, 11) is 0. The highest BCUT2D eigenvalue weighted by Gasteiger charge is 2.13. The van der Waals surface area contributed by atoms with Gasteiger partial charge in [0.25, 0.3) is 0 Å². The van der Waals surface area contributed by atoms with Crippen LogP contribution in [0.5, 0.6) is 0 Å². The maximum Gasteiger partial charge on any atom is 0.336 e. The standard InChI is InChI=1S/C14H8ClN3O2/c15-8-1-2-9-10(14(19)20)6-12(18-11(9)5-8)13-7-16-3-4-17-13/h1-7H,(H,19,20). The maximum absolute atomic E-state index is 11.4. The second-order valence-corrected chi connectivity index (χ2v) is 4.55. The zero-order valence-corrected chi connectivity index (χ0v) is 10.9. The maximum atomic E-state index is 11.4. The lowest BCUT2D eigenvalue weighted by molar-refractivity contribution is 0.0699. The molecule has 2 aromatic heterocycles. The van der Waals surface area contributed by atoms with Gasteiger partial charge in [-0.1, -0.05) is 17.7 Å². The Labute approximate surface area is 118 Å². The number of hydrogen-bond donors (Lipinski definition) is 1. The minimum absolute atomic E-state index is 0.160. The van der Waals surface area contributed by atoms with Crippen LogP contribution in [0.4, 0.5) is 0 Å². The number of fused-ring (bicyclic) bond motifs is 1. The SMILES string of the molecule is O=C(O)c1cc(-c2cnccn2)nc2cc(Cl)ccc12. The van der Waals surface area contributed by atoms with Crippen LogP contribution >= 0.6 is 11.6 Å². The molecule has 0 unspecified atom stereocenters. The molecule has 0 amide bonds. The van der Waals surface area contributed by atoms with Crippen LogP contribution in [0.2, 0.25) is 5.02 Å². The second kappa shape index (κ2) is 4.86. The first-order valence-electron chi connectivity index (χ1n) is 5.75. The predicted octanol–water partition coefficient (Wildman–Crippen LogP) is 3.04. The summed E-state index contributed by atoms with van der Waals surface area (Å²) in [4.78, 5) is 23.9. The lowest BCUT2D eigenvalue weighted by Crippen LogP contribution is -2.01. The fraction of sp³-hybridized carbons (Fsp3) is 0. The van der Waals surface area contributed by atoms with Gasteiger partial charge in [0, 0.05) is 22.8 Å². The molecule has 5 nitrogen and oxygen atoms in total. The Morgan fingerprint density at radius 1 is 1.15 bits per heavy atom. The number of carboxylic acids is 1. The fourth-order valence-electron chi connectivity index (χ4n) is 1.94. The van der Waals surface area contributed by atoms with E-state index in [1.807, 2.05) is 0 Å². The third-order valence-electron chi connectivity index (χ3n) is 2.83. The van der Waals surface area contributed by atoms with Crippen LogP contribution in [0.15, 0.2) is 42.9 Å². The summed E-state index contributed by atoms with van der Waals surface area (Å²) in [5.41, 5.74) is 1.63. The normalized spacial score (nSPS) is 10.7. The van der Waals surface area contributed by atoms with E-state index in [0.717, 1.165) is 0 Å². The quantitative estimate of drug-likeness (QED) is 0.783. The van der Waals surface area contributed by atoms with Crippen molar-refractivity contribution < 1.29 is 9.90 Å². The largest absolute Gasteiger partial charge is 0.478 e. The average Bonchev–Trinajstić information content (AvgIpc) is 2.46. The average molecular weight is 286 g/mol. The molecule has 3 aromatic rings. The summed E-state index contributed by atoms with van der Waals surface area (Å²) in [6.45, 7) is 0. The van der Waals surface area contributed by atoms with Crippen molar-refractivity contribution >= 4 is 28.5 Å². The number of aromatic nitrogens is 3. The van der Waals surface area contributed by atoms with Crippen LogP contribution in [0.25, 0.3) is 22.3 Å². The highest BCUT2D eigenvalue weighted by atomic mass is 35.5. The number of pyridine rings is 1. The van der Waals surface area contributed by atoms with Crippen molar-refractivity contribution in [2.75, 3.05) is 0 Å². The summed E-state index contributed by atoms with van der Waals surface area (Å²) in [5.74, 6) is -1.02. The smallest absolute Gasteiger partial charge is 0.336 e. The summed E-state index contributed by atoms with van der Waals surface area (Å²) in [5, 5.41) is 10.4. The molecule has 3 rings (SSSR count). The van der Waals surface area contributed by atoms with Gasteiger partial charge in [-0.2, -0.15) is 0 Å². The van der Waals surface area contributed by atoms with Crippen LogP contribution in [0, 0.1) is 0 Å². The molecule has 0 aliphatic carbocycles. The van der Waals surface area contributed by atoms with Gasteiger partial charge < -0.3 is 5.11 Å². The monoisotopic (exact) mass is 285 g/mol. The zero-order chi connectivity index (χ0) is 14.1. The number of benzene rings is 1. The van der Waals surface area contributed by atoms with Gasteiger partial charge in [-0.25, -0.2) is 9.78 Å². The van der Waals surface area contributed by atoms with Crippen LogP contribution in [-0.4, -0.2) is 26.0 Å². The summed E-state index contributed by atoms with van der Waals surface area (Å²) < 4.78 is 0. The molecule has 0 fully saturated rings. The van der Waals surface area contributed by atoms with Crippen LogP contribution in [0.3, 0.4) is 0 Å². The molecule has 0 spiro atoms. The van der Waals surface area contributed by atoms with Gasteiger partial charge in [-0.3, -0.25) is 9.97 Å². The molecule has 98 valence electrons. The van der Waals surface area contributed by atoms with Gasteiger partial charge >= 0.3 is 5.97 Å². The number of nitrogens with zero attached hydrogens (tertiary/aromatic N) is 3. The van der Waals surface area contributed by atoms with Gasteiger partial charge in [0.05, 0.1) is 23.0 Å². The number of halogens is 1. The van der Waals surface area contributed by atoms with E-state index in [9.17, 15) is 9.90 Å². The van der Waals surface area contributed by atoms with E-state index in [4.69, 9.17) is 11.6 Å². The molecule has 0 bridgehead atoms. The first-order valence-corrected chi connectivity index (χ1v) is 6.13. The van der Waals surface area contributed by atoms with Crippen molar-refractivity contribution in [1.29, 1.82) is 0 Å². The highest BCUT2D eigenvalue weighted by Crippen LogP contribution is 2.25. The third kappa shape index (κ3) is 2.19. The molecule has 0 radical (unpaired) electrons. The van der Waals surface area contributed by atoms with E-state index in [2.05, 4.69) is 15.0 Å².